The first-order valence-corrected chi connectivity index (χ1v) is 7.10. The fourth-order valence-electron chi connectivity index (χ4n) is 2.49. The highest BCUT2D eigenvalue weighted by molar-refractivity contribution is 4.85. The first kappa shape index (κ1) is 16.0. The van der Waals surface area contributed by atoms with Crippen LogP contribution in [0.5, 0.6) is 0 Å². The van der Waals surface area contributed by atoms with Crippen LogP contribution < -0.4 is 0 Å². The van der Waals surface area contributed by atoms with Crippen LogP contribution in [0.4, 0.5) is 0 Å². The average Bonchev–Trinajstić information content (AvgIpc) is 2.15. The highest BCUT2D eigenvalue weighted by Crippen LogP contribution is 2.27. The smallest absolute Gasteiger partial charge is 0.0178 e. The molecule has 0 saturated carbocycles. The topological polar surface area (TPSA) is 3.24 Å². The molecule has 0 aliphatic rings. The monoisotopic (exact) mass is 227 g/mol. The molecule has 0 aliphatic carbocycles. The highest BCUT2D eigenvalue weighted by Gasteiger charge is 2.29. The van der Waals surface area contributed by atoms with Crippen molar-refractivity contribution in [1.82, 2.24) is 4.90 Å². The number of rotatable bonds is 8. The third-order valence-corrected chi connectivity index (χ3v) is 3.48. The molecule has 1 heteroatoms. The van der Waals surface area contributed by atoms with E-state index in [1.165, 1.54) is 32.4 Å². The summed E-state index contributed by atoms with van der Waals surface area (Å²) in [4.78, 5) is 2.73. The zero-order chi connectivity index (χ0) is 12.8. The van der Waals surface area contributed by atoms with Gasteiger partial charge < -0.3 is 0 Å². The van der Waals surface area contributed by atoms with Crippen LogP contribution >= 0.6 is 0 Å². The van der Waals surface area contributed by atoms with Crippen LogP contribution in [-0.2, 0) is 0 Å². The Morgan fingerprint density at radius 2 is 1.38 bits per heavy atom. The van der Waals surface area contributed by atoms with Crippen molar-refractivity contribution in [3.8, 4) is 0 Å². The highest BCUT2D eigenvalue weighted by atomic mass is 15.2. The summed E-state index contributed by atoms with van der Waals surface area (Å²) in [5, 5.41) is 0. The van der Waals surface area contributed by atoms with E-state index in [0.29, 0.717) is 5.54 Å². The van der Waals surface area contributed by atoms with Gasteiger partial charge in [-0.1, -0.05) is 48.0 Å². The lowest BCUT2D eigenvalue weighted by Crippen LogP contribution is -2.49. The molecular weight excluding hydrogens is 194 g/mol. The average molecular weight is 227 g/mol. The Morgan fingerprint density at radius 3 is 1.62 bits per heavy atom. The molecule has 0 aliphatic heterocycles. The van der Waals surface area contributed by atoms with E-state index in [1.807, 2.05) is 0 Å². The van der Waals surface area contributed by atoms with E-state index < -0.39 is 0 Å². The Bertz CT molecular complexity index is 164. The zero-order valence-corrected chi connectivity index (χ0v) is 12.6. The molecule has 0 saturated heterocycles. The van der Waals surface area contributed by atoms with Gasteiger partial charge in [-0.3, -0.25) is 4.90 Å². The lowest BCUT2D eigenvalue weighted by atomic mass is 9.89. The van der Waals surface area contributed by atoms with Crippen LogP contribution in [0.3, 0.4) is 0 Å². The van der Waals surface area contributed by atoms with Gasteiger partial charge in [-0.25, -0.2) is 0 Å². The third kappa shape index (κ3) is 5.34. The van der Waals surface area contributed by atoms with Crippen LogP contribution in [0.15, 0.2) is 0 Å². The van der Waals surface area contributed by atoms with Gasteiger partial charge in [0.15, 0.2) is 0 Å². The summed E-state index contributed by atoms with van der Waals surface area (Å²) in [6.45, 7) is 18.9. The SMILES string of the molecule is CCCC(C)(CC)N(CC(C)C)CC(C)C. The molecule has 0 amide bonds. The Balaban J connectivity index is 4.67. The molecule has 0 aromatic rings. The lowest BCUT2D eigenvalue weighted by Gasteiger charge is -2.43. The summed E-state index contributed by atoms with van der Waals surface area (Å²) in [7, 11) is 0. The molecule has 0 radical (unpaired) electrons. The van der Waals surface area contributed by atoms with Gasteiger partial charge in [-0.15, -0.1) is 0 Å². The second-order valence-corrected chi connectivity index (χ2v) is 6.29. The summed E-state index contributed by atoms with van der Waals surface area (Å²) in [5.74, 6) is 1.53. The molecular formula is C15H33N. The minimum atomic E-state index is 0.406. The van der Waals surface area contributed by atoms with Gasteiger partial charge in [0.25, 0.3) is 0 Å². The Morgan fingerprint density at radius 1 is 0.938 bits per heavy atom. The molecule has 0 fully saturated rings. The fourth-order valence-corrected chi connectivity index (χ4v) is 2.49. The van der Waals surface area contributed by atoms with Crippen molar-refractivity contribution < 1.29 is 0 Å². The molecule has 0 spiro atoms. The number of hydrogen-bond acceptors (Lipinski definition) is 1. The molecule has 1 atom stereocenters. The quantitative estimate of drug-likeness (QED) is 0.587. The van der Waals surface area contributed by atoms with Crippen molar-refractivity contribution in [1.29, 1.82) is 0 Å². The predicted octanol–water partition coefficient (Wildman–Crippen LogP) is 4.57. The molecule has 98 valence electrons. The Kier molecular flexibility index (Phi) is 7.30. The molecule has 1 nitrogen and oxygen atoms in total. The second-order valence-electron chi connectivity index (χ2n) is 6.29. The van der Waals surface area contributed by atoms with Gasteiger partial charge in [0, 0.05) is 18.6 Å². The standard InChI is InChI=1S/C15H33N/c1-8-10-15(7,9-2)16(11-13(3)4)12-14(5)6/h13-14H,8-12H2,1-7H3. The maximum Gasteiger partial charge on any atom is 0.0178 e. The van der Waals surface area contributed by atoms with E-state index in [4.69, 9.17) is 0 Å². The van der Waals surface area contributed by atoms with E-state index in [-0.39, 0.29) is 0 Å². The van der Waals surface area contributed by atoms with Crippen LogP contribution in [-0.4, -0.2) is 23.5 Å². The van der Waals surface area contributed by atoms with E-state index in [1.54, 1.807) is 0 Å². The van der Waals surface area contributed by atoms with Gasteiger partial charge in [0.2, 0.25) is 0 Å². The van der Waals surface area contributed by atoms with E-state index in [2.05, 4.69) is 53.4 Å². The summed E-state index contributed by atoms with van der Waals surface area (Å²) < 4.78 is 0. The third-order valence-electron chi connectivity index (χ3n) is 3.48. The van der Waals surface area contributed by atoms with E-state index in [9.17, 15) is 0 Å². The predicted molar refractivity (Wildman–Crippen MR) is 74.9 cm³/mol. The van der Waals surface area contributed by atoms with Crippen LogP contribution in [0.2, 0.25) is 0 Å². The van der Waals surface area contributed by atoms with Crippen molar-refractivity contribution >= 4 is 0 Å². The number of hydrogen-bond donors (Lipinski definition) is 0. The Hall–Kier alpha value is -0.0400. The molecule has 0 N–H and O–H groups in total. The summed E-state index contributed by atoms with van der Waals surface area (Å²) in [6, 6.07) is 0. The molecule has 16 heavy (non-hydrogen) atoms. The lowest BCUT2D eigenvalue weighted by molar-refractivity contribution is 0.0641. The van der Waals surface area contributed by atoms with Crippen molar-refractivity contribution in [2.24, 2.45) is 11.8 Å². The van der Waals surface area contributed by atoms with Crippen molar-refractivity contribution in [3.05, 3.63) is 0 Å². The van der Waals surface area contributed by atoms with Gasteiger partial charge >= 0.3 is 0 Å². The van der Waals surface area contributed by atoms with Gasteiger partial charge in [-0.2, -0.15) is 0 Å². The van der Waals surface area contributed by atoms with Crippen LogP contribution in [0.1, 0.15) is 67.7 Å². The largest absolute Gasteiger partial charge is 0.297 e. The maximum atomic E-state index is 2.73. The van der Waals surface area contributed by atoms with Crippen LogP contribution in [0, 0.1) is 11.8 Å². The molecule has 0 bridgehead atoms. The summed E-state index contributed by atoms with van der Waals surface area (Å²) >= 11 is 0. The van der Waals surface area contributed by atoms with E-state index >= 15 is 0 Å². The molecule has 0 rings (SSSR count). The van der Waals surface area contributed by atoms with Gasteiger partial charge in [0.05, 0.1) is 0 Å². The van der Waals surface area contributed by atoms with Crippen molar-refractivity contribution in [2.45, 2.75) is 73.3 Å². The molecule has 1 unspecified atom stereocenters. The van der Waals surface area contributed by atoms with Gasteiger partial charge in [0.1, 0.15) is 0 Å². The van der Waals surface area contributed by atoms with Crippen molar-refractivity contribution in [3.63, 3.8) is 0 Å². The number of nitrogens with zero attached hydrogens (tertiary/aromatic N) is 1. The van der Waals surface area contributed by atoms with Gasteiger partial charge in [-0.05, 0) is 31.6 Å². The Labute approximate surface area is 104 Å². The van der Waals surface area contributed by atoms with E-state index in [0.717, 1.165) is 11.8 Å². The minimum Gasteiger partial charge on any atom is -0.297 e. The normalized spacial score (nSPS) is 16.1. The molecule has 0 aromatic carbocycles. The fraction of sp³-hybridized carbons (Fsp3) is 1.00. The summed E-state index contributed by atoms with van der Waals surface area (Å²) in [6.07, 6.45) is 3.88. The minimum absolute atomic E-state index is 0.406. The summed E-state index contributed by atoms with van der Waals surface area (Å²) in [5.41, 5.74) is 0.406. The first-order chi connectivity index (χ1) is 7.35. The van der Waals surface area contributed by atoms with Crippen LogP contribution in [0.25, 0.3) is 0 Å². The second kappa shape index (κ2) is 7.32. The maximum absolute atomic E-state index is 2.73. The molecule has 0 aromatic heterocycles. The zero-order valence-electron chi connectivity index (χ0n) is 12.6. The molecule has 0 heterocycles. The van der Waals surface area contributed by atoms with Crippen molar-refractivity contribution in [2.75, 3.05) is 13.1 Å². The first-order valence-electron chi connectivity index (χ1n) is 7.10.